The van der Waals surface area contributed by atoms with E-state index in [-0.39, 0.29) is 0 Å². The Labute approximate surface area is 147 Å². The van der Waals surface area contributed by atoms with Gasteiger partial charge >= 0.3 is 5.97 Å². The van der Waals surface area contributed by atoms with Gasteiger partial charge < -0.3 is 9.47 Å². The molecule has 0 saturated heterocycles. The fourth-order valence-corrected chi connectivity index (χ4v) is 2.07. The van der Waals surface area contributed by atoms with E-state index in [0.717, 1.165) is 11.3 Å². The van der Waals surface area contributed by atoms with Crippen LogP contribution in [0.1, 0.15) is 26.3 Å². The Bertz CT molecular complexity index is 706. The molecule has 2 aromatic rings. The van der Waals surface area contributed by atoms with Crippen molar-refractivity contribution in [1.29, 1.82) is 0 Å². The number of rotatable bonds is 6. The molecule has 0 atom stereocenters. The van der Waals surface area contributed by atoms with E-state index >= 15 is 0 Å². The lowest BCUT2D eigenvalue weighted by molar-refractivity contribution is -0.158. The summed E-state index contributed by atoms with van der Waals surface area (Å²) in [5.74, 6) is 0.204. The molecule has 0 spiro atoms. The minimum Gasteiger partial charge on any atom is -0.476 e. The molecule has 2 rings (SSSR count). The molecule has 0 unspecified atom stereocenters. The average Bonchev–Trinajstić information content (AvgIpc) is 2.55. The Balaban J connectivity index is 2.02. The molecule has 0 amide bonds. The summed E-state index contributed by atoms with van der Waals surface area (Å²) < 4.78 is 10.7. The summed E-state index contributed by atoms with van der Waals surface area (Å²) in [5.41, 5.74) is 0.712. The van der Waals surface area contributed by atoms with Gasteiger partial charge in [0.05, 0.1) is 12.3 Å². The predicted octanol–water partition coefficient (Wildman–Crippen LogP) is 4.81. The van der Waals surface area contributed by atoms with Crippen molar-refractivity contribution in [2.75, 3.05) is 6.61 Å². The molecule has 0 heterocycles. The van der Waals surface area contributed by atoms with Crippen LogP contribution in [0.3, 0.4) is 0 Å². The number of aliphatic imine (C=N–C) groups is 1. The van der Waals surface area contributed by atoms with Crippen molar-refractivity contribution in [2.45, 2.75) is 26.4 Å². The van der Waals surface area contributed by atoms with Crippen molar-refractivity contribution in [3.05, 3.63) is 59.1 Å². The number of halogens is 1. The Morgan fingerprint density at radius 2 is 1.75 bits per heavy atom. The van der Waals surface area contributed by atoms with Gasteiger partial charge in [0.15, 0.2) is 5.60 Å². The molecular formula is C19H20ClNO3. The van der Waals surface area contributed by atoms with Crippen LogP contribution < -0.4 is 4.74 Å². The fourth-order valence-electron chi connectivity index (χ4n) is 1.94. The predicted molar refractivity (Wildman–Crippen MR) is 96.5 cm³/mol. The molecule has 0 aliphatic heterocycles. The summed E-state index contributed by atoms with van der Waals surface area (Å²) in [4.78, 5) is 16.2. The molecule has 0 aromatic heterocycles. The quantitative estimate of drug-likeness (QED) is 0.557. The van der Waals surface area contributed by atoms with Crippen LogP contribution in [-0.2, 0) is 9.53 Å². The van der Waals surface area contributed by atoms with Crippen molar-refractivity contribution in [3.63, 3.8) is 0 Å². The highest BCUT2D eigenvalue weighted by Gasteiger charge is 2.31. The Morgan fingerprint density at radius 3 is 2.33 bits per heavy atom. The van der Waals surface area contributed by atoms with E-state index in [1.807, 2.05) is 24.3 Å². The number of nitrogens with zero attached hydrogens (tertiary/aromatic N) is 1. The maximum Gasteiger partial charge on any atom is 0.349 e. The number of carbonyl (C=O) groups is 1. The molecule has 0 radical (unpaired) electrons. The number of esters is 1. The van der Waals surface area contributed by atoms with Crippen LogP contribution in [0, 0.1) is 0 Å². The van der Waals surface area contributed by atoms with E-state index in [4.69, 9.17) is 21.1 Å². The van der Waals surface area contributed by atoms with Gasteiger partial charge in [-0.25, -0.2) is 4.79 Å². The van der Waals surface area contributed by atoms with E-state index in [0.29, 0.717) is 17.4 Å². The maximum absolute atomic E-state index is 11.8. The van der Waals surface area contributed by atoms with Gasteiger partial charge in [-0.3, -0.25) is 4.99 Å². The highest BCUT2D eigenvalue weighted by atomic mass is 35.5. The number of hydrogen-bond donors (Lipinski definition) is 0. The standard InChI is InChI=1S/C19H20ClNO3/c1-4-23-18(22)19(2,3)24-17-11-5-14(6-12-17)13-21-16-9-7-15(20)8-10-16/h5-13H,4H2,1-3H3/b21-13+. The second-order valence-electron chi connectivity index (χ2n) is 5.64. The zero-order valence-electron chi connectivity index (χ0n) is 14.0. The number of benzene rings is 2. The summed E-state index contributed by atoms with van der Waals surface area (Å²) in [5, 5.41) is 0.680. The van der Waals surface area contributed by atoms with Crippen LogP contribution >= 0.6 is 11.6 Å². The van der Waals surface area contributed by atoms with Gasteiger partial charge in [0, 0.05) is 11.2 Å². The third-order valence-corrected chi connectivity index (χ3v) is 3.46. The monoisotopic (exact) mass is 345 g/mol. The van der Waals surface area contributed by atoms with E-state index in [9.17, 15) is 4.79 Å². The number of carbonyl (C=O) groups excluding carboxylic acids is 1. The summed E-state index contributed by atoms with van der Waals surface area (Å²) in [7, 11) is 0. The van der Waals surface area contributed by atoms with Crippen LogP contribution in [0.15, 0.2) is 53.5 Å². The molecule has 5 heteroatoms. The van der Waals surface area contributed by atoms with Gasteiger partial charge in [0.2, 0.25) is 0 Å². The van der Waals surface area contributed by atoms with E-state index in [1.54, 1.807) is 51.3 Å². The van der Waals surface area contributed by atoms with Crippen LogP contribution in [0.25, 0.3) is 0 Å². The first kappa shape index (κ1) is 18.0. The lowest BCUT2D eigenvalue weighted by atomic mass is 10.1. The first-order valence-corrected chi connectivity index (χ1v) is 8.04. The zero-order chi connectivity index (χ0) is 17.6. The summed E-state index contributed by atoms with van der Waals surface area (Å²) in [6.45, 7) is 5.45. The Hall–Kier alpha value is -2.33. The van der Waals surface area contributed by atoms with E-state index in [2.05, 4.69) is 4.99 Å². The van der Waals surface area contributed by atoms with Crippen LogP contribution in [0.4, 0.5) is 5.69 Å². The van der Waals surface area contributed by atoms with Gasteiger partial charge in [-0.15, -0.1) is 0 Å². The van der Waals surface area contributed by atoms with Crippen molar-refractivity contribution in [1.82, 2.24) is 0 Å². The molecule has 0 saturated carbocycles. The molecule has 2 aromatic carbocycles. The second-order valence-corrected chi connectivity index (χ2v) is 6.07. The molecule has 4 nitrogen and oxygen atoms in total. The topological polar surface area (TPSA) is 47.9 Å². The third kappa shape index (κ3) is 5.10. The van der Waals surface area contributed by atoms with Crippen molar-refractivity contribution in [2.24, 2.45) is 4.99 Å². The largest absolute Gasteiger partial charge is 0.476 e. The van der Waals surface area contributed by atoms with Gasteiger partial charge in [0.1, 0.15) is 5.75 Å². The number of ether oxygens (including phenoxy) is 2. The molecule has 0 aliphatic rings. The number of hydrogen-bond acceptors (Lipinski definition) is 4. The molecule has 126 valence electrons. The first-order valence-electron chi connectivity index (χ1n) is 7.66. The molecular weight excluding hydrogens is 326 g/mol. The summed E-state index contributed by atoms with van der Waals surface area (Å²) in [6, 6.07) is 14.6. The molecule has 0 fully saturated rings. The zero-order valence-corrected chi connectivity index (χ0v) is 14.7. The lowest BCUT2D eigenvalue weighted by Gasteiger charge is -2.24. The van der Waals surface area contributed by atoms with Crippen LogP contribution in [0.2, 0.25) is 5.02 Å². The summed E-state index contributed by atoms with van der Waals surface area (Å²) >= 11 is 5.84. The maximum atomic E-state index is 11.8. The third-order valence-electron chi connectivity index (χ3n) is 3.21. The van der Waals surface area contributed by atoms with Crippen molar-refractivity contribution < 1.29 is 14.3 Å². The molecule has 0 aliphatic carbocycles. The second kappa shape index (κ2) is 7.97. The normalized spacial score (nSPS) is 11.5. The molecule has 0 bridgehead atoms. The SMILES string of the molecule is CCOC(=O)C(C)(C)Oc1ccc(/C=N/c2ccc(Cl)cc2)cc1. The molecule has 24 heavy (non-hydrogen) atoms. The van der Waals surface area contributed by atoms with Gasteiger partial charge in [-0.2, -0.15) is 0 Å². The lowest BCUT2D eigenvalue weighted by Crippen LogP contribution is -2.39. The van der Waals surface area contributed by atoms with Crippen LogP contribution in [0.5, 0.6) is 5.75 Å². The van der Waals surface area contributed by atoms with Crippen LogP contribution in [-0.4, -0.2) is 24.4 Å². The van der Waals surface area contributed by atoms with E-state index < -0.39 is 11.6 Å². The minimum absolute atomic E-state index is 0.325. The van der Waals surface area contributed by atoms with Crippen molar-refractivity contribution >= 4 is 29.5 Å². The van der Waals surface area contributed by atoms with Gasteiger partial charge in [0.25, 0.3) is 0 Å². The van der Waals surface area contributed by atoms with E-state index in [1.165, 1.54) is 0 Å². The van der Waals surface area contributed by atoms with Gasteiger partial charge in [-0.05, 0) is 74.9 Å². The average molecular weight is 346 g/mol. The molecule has 0 N–H and O–H groups in total. The minimum atomic E-state index is -1.03. The summed E-state index contributed by atoms with van der Waals surface area (Å²) in [6.07, 6.45) is 1.75. The van der Waals surface area contributed by atoms with Gasteiger partial charge in [-0.1, -0.05) is 11.6 Å². The first-order chi connectivity index (χ1) is 11.4. The smallest absolute Gasteiger partial charge is 0.349 e. The highest BCUT2D eigenvalue weighted by Crippen LogP contribution is 2.20. The fraction of sp³-hybridized carbons (Fsp3) is 0.263. The highest BCUT2D eigenvalue weighted by molar-refractivity contribution is 6.30. The van der Waals surface area contributed by atoms with Crippen molar-refractivity contribution in [3.8, 4) is 5.75 Å². The Morgan fingerprint density at radius 1 is 1.12 bits per heavy atom. The Kier molecular flexibility index (Phi) is 5.99.